The second kappa shape index (κ2) is 6.86. The molecule has 0 aromatic heterocycles. The number of thioether (sulfide) groups is 1. The summed E-state index contributed by atoms with van der Waals surface area (Å²) in [6, 6.07) is -0.568. The number of amides is 2. The molecule has 0 spiro atoms. The minimum absolute atomic E-state index is 0. The number of rotatable bonds is 5. The van der Waals surface area contributed by atoms with Gasteiger partial charge in [-0.25, -0.2) is 4.79 Å². The third kappa shape index (κ3) is 2.91. The number of aliphatic carboxylic acids is 1. The van der Waals surface area contributed by atoms with Crippen molar-refractivity contribution in [3.05, 3.63) is 10.6 Å². The number of β-lactam (4-membered cyclic amide) rings is 1. The molecule has 0 aliphatic carbocycles. The highest BCUT2D eigenvalue weighted by atomic mass is 32.2. The molecule has 6 atom stereocenters. The van der Waals surface area contributed by atoms with Crippen LogP contribution < -0.4 is 5.32 Å². The number of aliphatic hydroxyl groups is 1. The summed E-state index contributed by atoms with van der Waals surface area (Å²) >= 11 is 1.45. The zero-order chi connectivity index (χ0) is 19.3. The van der Waals surface area contributed by atoms with E-state index in [1.165, 1.54) is 16.7 Å². The van der Waals surface area contributed by atoms with Gasteiger partial charge < -0.3 is 25.3 Å². The lowest BCUT2D eigenvalue weighted by molar-refractivity contribution is -0.163. The van der Waals surface area contributed by atoms with Crippen molar-refractivity contribution in [2.75, 3.05) is 20.6 Å². The standard InChI is InChI=1S/C17H25N3O5S.H2/c1-7-12-11(8(2)21)16(23)20(12)13(17(24)25)14(7)26-9-5-10(18-6-9)15(22)19(3)4;/h7-12,18,21H,5-6H2,1-4H3,(H,24,25);1H/t7-,8?,9+,10+,11-,12-;/m1./s1. The van der Waals surface area contributed by atoms with E-state index in [9.17, 15) is 24.6 Å². The topological polar surface area (TPSA) is 110 Å². The van der Waals surface area contributed by atoms with Crippen LogP contribution in [0.3, 0.4) is 0 Å². The van der Waals surface area contributed by atoms with Gasteiger partial charge in [-0.05, 0) is 13.3 Å². The van der Waals surface area contributed by atoms with E-state index in [-0.39, 0.29) is 42.2 Å². The van der Waals surface area contributed by atoms with Crippen LogP contribution in [0, 0.1) is 11.8 Å². The quantitative estimate of drug-likeness (QED) is 0.569. The molecule has 3 N–H and O–H groups in total. The molecule has 2 saturated heterocycles. The Labute approximate surface area is 158 Å². The first-order valence-corrected chi connectivity index (χ1v) is 9.62. The van der Waals surface area contributed by atoms with Crippen LogP contribution in [-0.4, -0.2) is 81.9 Å². The maximum atomic E-state index is 12.3. The molecule has 146 valence electrons. The molecule has 2 fully saturated rings. The first-order chi connectivity index (χ1) is 12.1. The van der Waals surface area contributed by atoms with E-state index in [0.717, 1.165) is 0 Å². The summed E-state index contributed by atoms with van der Waals surface area (Å²) in [5, 5.41) is 22.8. The number of carbonyl (C=O) groups is 3. The summed E-state index contributed by atoms with van der Waals surface area (Å²) in [6.45, 7) is 4.08. The average Bonchev–Trinajstić information content (AvgIpc) is 3.09. The Kier molecular flexibility index (Phi) is 5.06. The minimum atomic E-state index is -1.12. The number of likely N-dealkylation sites (N-methyl/N-ethyl adjacent to an activating group) is 1. The molecule has 3 aliphatic rings. The average molecular weight is 385 g/mol. The van der Waals surface area contributed by atoms with Crippen molar-refractivity contribution >= 4 is 29.5 Å². The third-order valence-corrected chi connectivity index (χ3v) is 6.95. The highest BCUT2D eigenvalue weighted by molar-refractivity contribution is 8.03. The molecule has 9 heteroatoms. The largest absolute Gasteiger partial charge is 0.477 e. The van der Waals surface area contributed by atoms with Crippen molar-refractivity contribution in [1.29, 1.82) is 0 Å². The highest BCUT2D eigenvalue weighted by Gasteiger charge is 2.60. The van der Waals surface area contributed by atoms with E-state index in [2.05, 4.69) is 5.32 Å². The van der Waals surface area contributed by atoms with Gasteiger partial charge >= 0.3 is 5.97 Å². The van der Waals surface area contributed by atoms with Gasteiger partial charge in [-0.15, -0.1) is 11.8 Å². The van der Waals surface area contributed by atoms with E-state index < -0.39 is 18.0 Å². The van der Waals surface area contributed by atoms with Gasteiger partial charge in [0, 0.05) is 38.1 Å². The second-order valence-corrected chi connectivity index (χ2v) is 8.78. The molecular weight excluding hydrogens is 358 g/mol. The van der Waals surface area contributed by atoms with Crippen LogP contribution in [-0.2, 0) is 14.4 Å². The number of nitrogens with zero attached hydrogens (tertiary/aromatic N) is 2. The smallest absolute Gasteiger partial charge is 0.353 e. The van der Waals surface area contributed by atoms with E-state index in [1.807, 2.05) is 6.92 Å². The molecule has 0 bridgehead atoms. The Morgan fingerprint density at radius 1 is 1.42 bits per heavy atom. The Morgan fingerprint density at radius 2 is 2.08 bits per heavy atom. The lowest BCUT2D eigenvalue weighted by Gasteiger charge is -2.46. The number of aliphatic hydroxyl groups excluding tert-OH is 1. The summed E-state index contributed by atoms with van der Waals surface area (Å²) in [6.07, 6.45) is -0.190. The molecule has 0 saturated carbocycles. The summed E-state index contributed by atoms with van der Waals surface area (Å²) in [4.78, 5) is 39.8. The van der Waals surface area contributed by atoms with Crippen molar-refractivity contribution in [3.8, 4) is 0 Å². The molecule has 26 heavy (non-hydrogen) atoms. The van der Waals surface area contributed by atoms with Crippen LogP contribution in [0.1, 0.15) is 21.7 Å². The first kappa shape index (κ1) is 19.2. The molecule has 3 aliphatic heterocycles. The monoisotopic (exact) mass is 385 g/mol. The zero-order valence-corrected chi connectivity index (χ0v) is 16.1. The first-order valence-electron chi connectivity index (χ1n) is 8.75. The highest BCUT2D eigenvalue weighted by Crippen LogP contribution is 2.51. The zero-order valence-electron chi connectivity index (χ0n) is 15.3. The maximum Gasteiger partial charge on any atom is 0.353 e. The van der Waals surface area contributed by atoms with Gasteiger partial charge in [0.1, 0.15) is 5.70 Å². The van der Waals surface area contributed by atoms with Gasteiger partial charge in [-0.1, -0.05) is 6.92 Å². The van der Waals surface area contributed by atoms with Crippen LogP contribution >= 0.6 is 11.8 Å². The summed E-state index contributed by atoms with van der Waals surface area (Å²) < 4.78 is 0. The fourth-order valence-corrected chi connectivity index (χ4v) is 5.63. The molecular formula is C17H27N3O5S. The van der Waals surface area contributed by atoms with Crippen LogP contribution in [0.4, 0.5) is 0 Å². The minimum Gasteiger partial charge on any atom is -0.477 e. The van der Waals surface area contributed by atoms with Crippen molar-refractivity contribution < 1.29 is 26.0 Å². The molecule has 0 radical (unpaired) electrons. The SMILES string of the molecule is CC(O)[C@H]1C(=O)N2C(C(=O)O)=C(S[C@@H]3CN[C@H](C(=O)N(C)C)C3)[C@H](C)[C@H]12.[HH]. The second-order valence-electron chi connectivity index (χ2n) is 7.44. The number of hydrogen-bond donors (Lipinski definition) is 3. The fraction of sp³-hybridized carbons (Fsp3) is 0.706. The van der Waals surface area contributed by atoms with E-state index in [0.29, 0.717) is 17.9 Å². The number of nitrogens with one attached hydrogen (secondary N) is 1. The molecule has 3 rings (SSSR count). The number of fused-ring (bicyclic) bond motifs is 1. The van der Waals surface area contributed by atoms with Gasteiger partial charge in [-0.2, -0.15) is 0 Å². The molecule has 1 unspecified atom stereocenters. The Bertz CT molecular complexity index is 683. The molecule has 0 aromatic rings. The number of carboxylic acids is 1. The Hall–Kier alpha value is -1.58. The maximum absolute atomic E-state index is 12.3. The normalized spacial score (nSPS) is 34.6. The van der Waals surface area contributed by atoms with Gasteiger partial charge in [0.05, 0.1) is 24.1 Å². The predicted molar refractivity (Wildman–Crippen MR) is 98.2 cm³/mol. The van der Waals surface area contributed by atoms with E-state index >= 15 is 0 Å². The molecule has 0 aromatic carbocycles. The van der Waals surface area contributed by atoms with Gasteiger partial charge in [0.15, 0.2) is 0 Å². The number of carboxylic acid groups (broad SMARTS) is 1. The molecule has 8 nitrogen and oxygen atoms in total. The summed E-state index contributed by atoms with van der Waals surface area (Å²) in [5.74, 6) is -2.14. The summed E-state index contributed by atoms with van der Waals surface area (Å²) in [7, 11) is 3.42. The van der Waals surface area contributed by atoms with Crippen molar-refractivity contribution in [3.63, 3.8) is 0 Å². The predicted octanol–water partition coefficient (Wildman–Crippen LogP) is -0.0620. The fourth-order valence-electron chi connectivity index (χ4n) is 4.15. The van der Waals surface area contributed by atoms with Crippen LogP contribution in [0.2, 0.25) is 0 Å². The van der Waals surface area contributed by atoms with Crippen molar-refractivity contribution in [2.24, 2.45) is 11.8 Å². The lowest BCUT2D eigenvalue weighted by Crippen LogP contribution is -2.63. The van der Waals surface area contributed by atoms with E-state index in [4.69, 9.17) is 0 Å². The molecule has 2 amide bonds. The lowest BCUT2D eigenvalue weighted by atomic mass is 9.79. The van der Waals surface area contributed by atoms with E-state index in [1.54, 1.807) is 25.9 Å². The molecule has 3 heterocycles. The van der Waals surface area contributed by atoms with Crippen LogP contribution in [0.15, 0.2) is 10.6 Å². The van der Waals surface area contributed by atoms with Crippen molar-refractivity contribution in [1.82, 2.24) is 15.1 Å². The number of carbonyl (C=O) groups excluding carboxylic acids is 2. The van der Waals surface area contributed by atoms with Gasteiger partial charge in [-0.3, -0.25) is 9.59 Å². The van der Waals surface area contributed by atoms with Crippen LogP contribution in [0.25, 0.3) is 0 Å². The Balaban J connectivity index is 0.00000261. The third-order valence-electron chi connectivity index (χ3n) is 5.43. The van der Waals surface area contributed by atoms with Crippen molar-refractivity contribution in [2.45, 2.75) is 43.7 Å². The van der Waals surface area contributed by atoms with Crippen LogP contribution in [0.5, 0.6) is 0 Å². The summed E-state index contributed by atoms with van der Waals surface area (Å²) in [5.41, 5.74) is 0.0387. The number of hydrogen-bond acceptors (Lipinski definition) is 6. The van der Waals surface area contributed by atoms with Gasteiger partial charge in [0.25, 0.3) is 0 Å². The van der Waals surface area contributed by atoms with Gasteiger partial charge in [0.2, 0.25) is 11.8 Å². The Morgan fingerprint density at radius 3 is 2.62 bits per heavy atom.